The topological polar surface area (TPSA) is 38.1 Å². The lowest BCUT2D eigenvalue weighted by molar-refractivity contribution is 0.333. The van der Waals surface area contributed by atoms with E-state index in [0.29, 0.717) is 5.92 Å². The molecule has 0 amide bonds. The van der Waals surface area contributed by atoms with Crippen molar-refractivity contribution in [1.82, 2.24) is 10.5 Å². The Hall–Kier alpha value is -0.830. The van der Waals surface area contributed by atoms with Crippen LogP contribution in [0.1, 0.15) is 43.2 Å². The highest BCUT2D eigenvalue weighted by molar-refractivity contribution is 5.29. The fraction of sp³-hybridized carbons (Fsp3) is 0.727. The van der Waals surface area contributed by atoms with Crippen molar-refractivity contribution in [2.45, 2.75) is 39.2 Å². The fourth-order valence-electron chi connectivity index (χ4n) is 2.49. The van der Waals surface area contributed by atoms with E-state index in [2.05, 4.69) is 24.3 Å². The molecule has 78 valence electrons. The van der Waals surface area contributed by atoms with Crippen molar-refractivity contribution < 1.29 is 4.52 Å². The first-order chi connectivity index (χ1) is 6.72. The van der Waals surface area contributed by atoms with Gasteiger partial charge in [0.15, 0.2) is 0 Å². The second-order valence-electron chi connectivity index (χ2n) is 4.44. The van der Waals surface area contributed by atoms with E-state index < -0.39 is 0 Å². The van der Waals surface area contributed by atoms with Gasteiger partial charge in [-0.25, -0.2) is 0 Å². The quantitative estimate of drug-likeness (QED) is 0.783. The highest BCUT2D eigenvalue weighted by atomic mass is 16.5. The van der Waals surface area contributed by atoms with Crippen LogP contribution in [0.2, 0.25) is 0 Å². The monoisotopic (exact) mass is 194 g/mol. The minimum atomic E-state index is 0.600. The molecule has 0 fully saturated rings. The highest BCUT2D eigenvalue weighted by Crippen LogP contribution is 2.36. The largest absolute Gasteiger partial charge is 0.361 e. The third kappa shape index (κ3) is 1.57. The van der Waals surface area contributed by atoms with Gasteiger partial charge in [0.1, 0.15) is 11.5 Å². The molecule has 1 aliphatic carbocycles. The van der Waals surface area contributed by atoms with E-state index >= 15 is 0 Å². The number of nitrogens with zero attached hydrogens (tertiary/aromatic N) is 1. The van der Waals surface area contributed by atoms with Crippen molar-refractivity contribution >= 4 is 0 Å². The highest BCUT2D eigenvalue weighted by Gasteiger charge is 2.28. The van der Waals surface area contributed by atoms with E-state index in [1.165, 1.54) is 12.0 Å². The van der Waals surface area contributed by atoms with Crippen LogP contribution in [0.5, 0.6) is 0 Å². The standard InChI is InChI=1S/C11H18N2O/c1-7-4-8(2)11-9(6-12-3)13-14-10(11)5-7/h7-8,12H,4-6H2,1-3H3. The summed E-state index contributed by atoms with van der Waals surface area (Å²) in [6, 6.07) is 0. The molecular formula is C11H18N2O. The van der Waals surface area contributed by atoms with E-state index in [-0.39, 0.29) is 0 Å². The van der Waals surface area contributed by atoms with Gasteiger partial charge in [0, 0.05) is 18.5 Å². The minimum absolute atomic E-state index is 0.600. The maximum Gasteiger partial charge on any atom is 0.140 e. The van der Waals surface area contributed by atoms with Gasteiger partial charge in [-0.1, -0.05) is 19.0 Å². The summed E-state index contributed by atoms with van der Waals surface area (Å²) in [7, 11) is 1.94. The predicted molar refractivity (Wildman–Crippen MR) is 55.2 cm³/mol. The van der Waals surface area contributed by atoms with Gasteiger partial charge < -0.3 is 9.84 Å². The first-order valence-corrected chi connectivity index (χ1v) is 5.34. The molecule has 2 unspecified atom stereocenters. The Morgan fingerprint density at radius 2 is 2.29 bits per heavy atom. The summed E-state index contributed by atoms with van der Waals surface area (Å²) in [5.41, 5.74) is 2.46. The van der Waals surface area contributed by atoms with Gasteiger partial charge in [0.2, 0.25) is 0 Å². The van der Waals surface area contributed by atoms with Gasteiger partial charge in [-0.2, -0.15) is 0 Å². The molecule has 2 rings (SSSR count). The van der Waals surface area contributed by atoms with Crippen LogP contribution in [0, 0.1) is 5.92 Å². The first-order valence-electron chi connectivity index (χ1n) is 5.34. The zero-order valence-corrected chi connectivity index (χ0v) is 9.13. The predicted octanol–water partition coefficient (Wildman–Crippen LogP) is 2.08. The molecule has 1 N–H and O–H groups in total. The van der Waals surface area contributed by atoms with Crippen molar-refractivity contribution in [3.8, 4) is 0 Å². The first kappa shape index (κ1) is 9.71. The lowest BCUT2D eigenvalue weighted by atomic mass is 9.81. The molecule has 0 bridgehead atoms. The molecule has 0 radical (unpaired) electrons. The molecule has 2 atom stereocenters. The SMILES string of the molecule is CNCc1noc2c1C(C)CC(C)C2. The molecule has 1 aromatic rings. The number of hydrogen-bond donors (Lipinski definition) is 1. The normalized spacial score (nSPS) is 26.2. The molecule has 1 aromatic heterocycles. The van der Waals surface area contributed by atoms with E-state index in [1.807, 2.05) is 7.05 Å². The zero-order chi connectivity index (χ0) is 10.1. The second-order valence-corrected chi connectivity index (χ2v) is 4.44. The molecule has 0 saturated carbocycles. The van der Waals surface area contributed by atoms with Gasteiger partial charge in [-0.05, 0) is 25.3 Å². The summed E-state index contributed by atoms with van der Waals surface area (Å²) < 4.78 is 5.39. The van der Waals surface area contributed by atoms with Crippen LogP contribution in [0.25, 0.3) is 0 Å². The van der Waals surface area contributed by atoms with Crippen molar-refractivity contribution in [3.05, 3.63) is 17.0 Å². The summed E-state index contributed by atoms with van der Waals surface area (Å²) in [4.78, 5) is 0. The molecule has 0 aliphatic heterocycles. The van der Waals surface area contributed by atoms with E-state index in [9.17, 15) is 0 Å². The Morgan fingerprint density at radius 3 is 3.00 bits per heavy atom. The lowest BCUT2D eigenvalue weighted by Crippen LogP contribution is -2.16. The maximum absolute atomic E-state index is 5.39. The summed E-state index contributed by atoms with van der Waals surface area (Å²) in [6.07, 6.45) is 2.31. The van der Waals surface area contributed by atoms with Crippen molar-refractivity contribution in [2.24, 2.45) is 5.92 Å². The minimum Gasteiger partial charge on any atom is -0.361 e. The molecular weight excluding hydrogens is 176 g/mol. The average Bonchev–Trinajstić information content (AvgIpc) is 2.49. The number of aromatic nitrogens is 1. The van der Waals surface area contributed by atoms with Crippen LogP contribution in [0.4, 0.5) is 0 Å². The summed E-state index contributed by atoms with van der Waals surface area (Å²) in [5, 5.41) is 7.26. The van der Waals surface area contributed by atoms with Crippen molar-refractivity contribution in [2.75, 3.05) is 7.05 Å². The fourth-order valence-corrected chi connectivity index (χ4v) is 2.49. The Kier molecular flexibility index (Phi) is 2.59. The summed E-state index contributed by atoms with van der Waals surface area (Å²) >= 11 is 0. The number of nitrogens with one attached hydrogen (secondary N) is 1. The van der Waals surface area contributed by atoms with Gasteiger partial charge in [0.25, 0.3) is 0 Å². The maximum atomic E-state index is 5.39. The summed E-state index contributed by atoms with van der Waals surface area (Å²) in [6.45, 7) is 5.36. The van der Waals surface area contributed by atoms with Gasteiger partial charge >= 0.3 is 0 Å². The molecule has 0 spiro atoms. The molecule has 14 heavy (non-hydrogen) atoms. The van der Waals surface area contributed by atoms with Crippen molar-refractivity contribution in [3.63, 3.8) is 0 Å². The Balaban J connectivity index is 2.32. The van der Waals surface area contributed by atoms with Crippen LogP contribution in [-0.4, -0.2) is 12.2 Å². The lowest BCUT2D eigenvalue weighted by Gasteiger charge is -2.22. The average molecular weight is 194 g/mol. The molecule has 3 heteroatoms. The number of rotatable bonds is 2. The molecule has 0 saturated heterocycles. The second kappa shape index (κ2) is 3.73. The third-order valence-corrected chi connectivity index (χ3v) is 3.00. The van der Waals surface area contributed by atoms with Gasteiger partial charge in [-0.3, -0.25) is 0 Å². The smallest absolute Gasteiger partial charge is 0.140 e. The Labute approximate surface area is 84.9 Å². The molecule has 1 heterocycles. The van der Waals surface area contributed by atoms with Gasteiger partial charge in [-0.15, -0.1) is 0 Å². The van der Waals surface area contributed by atoms with Crippen LogP contribution < -0.4 is 5.32 Å². The van der Waals surface area contributed by atoms with Gasteiger partial charge in [0.05, 0.1) is 0 Å². The molecule has 3 nitrogen and oxygen atoms in total. The summed E-state index contributed by atoms with van der Waals surface area (Å²) in [5.74, 6) is 2.44. The Morgan fingerprint density at radius 1 is 1.50 bits per heavy atom. The van der Waals surface area contributed by atoms with Crippen molar-refractivity contribution in [1.29, 1.82) is 0 Å². The Bertz CT molecular complexity index is 306. The van der Waals surface area contributed by atoms with E-state index in [4.69, 9.17) is 4.52 Å². The van der Waals surface area contributed by atoms with Crippen LogP contribution in [0.15, 0.2) is 4.52 Å². The molecule has 1 aliphatic rings. The van der Waals surface area contributed by atoms with E-state index in [0.717, 1.165) is 30.3 Å². The van der Waals surface area contributed by atoms with E-state index in [1.54, 1.807) is 0 Å². The van der Waals surface area contributed by atoms with Crippen LogP contribution in [-0.2, 0) is 13.0 Å². The van der Waals surface area contributed by atoms with Crippen LogP contribution in [0.3, 0.4) is 0 Å². The third-order valence-electron chi connectivity index (χ3n) is 3.00. The number of hydrogen-bond acceptors (Lipinski definition) is 3. The van der Waals surface area contributed by atoms with Crippen LogP contribution >= 0.6 is 0 Å². The zero-order valence-electron chi connectivity index (χ0n) is 9.13. The molecule has 0 aromatic carbocycles. The number of fused-ring (bicyclic) bond motifs is 1.